The molecular formula is C10H13N5. The molecular weight excluding hydrogens is 190 g/mol. The molecule has 0 aromatic carbocycles. The Hall–Kier alpha value is -1.67. The van der Waals surface area contributed by atoms with Gasteiger partial charge in [-0.25, -0.2) is 0 Å². The molecule has 0 radical (unpaired) electrons. The zero-order valence-electron chi connectivity index (χ0n) is 8.48. The molecule has 1 aromatic heterocycles. The normalized spacial score (nSPS) is 16.9. The van der Waals surface area contributed by atoms with E-state index in [-0.39, 0.29) is 0 Å². The molecule has 1 fully saturated rings. The smallest absolute Gasteiger partial charge is 0.163 e. The first kappa shape index (κ1) is 9.87. The summed E-state index contributed by atoms with van der Waals surface area (Å²) < 4.78 is 0. The first-order valence-electron chi connectivity index (χ1n) is 5.09. The minimum Gasteiger partial charge on any atom is -0.354 e. The van der Waals surface area contributed by atoms with Gasteiger partial charge in [0.1, 0.15) is 6.07 Å². The summed E-state index contributed by atoms with van der Waals surface area (Å²) in [7, 11) is 0. The fourth-order valence-electron chi connectivity index (χ4n) is 1.63. The lowest BCUT2D eigenvalue weighted by Crippen LogP contribution is -2.28. The van der Waals surface area contributed by atoms with Gasteiger partial charge in [0.25, 0.3) is 0 Å². The summed E-state index contributed by atoms with van der Waals surface area (Å²) >= 11 is 0. The highest BCUT2D eigenvalue weighted by molar-refractivity contribution is 5.39. The molecule has 1 aliphatic heterocycles. The van der Waals surface area contributed by atoms with Crippen LogP contribution in [0.3, 0.4) is 0 Å². The lowest BCUT2D eigenvalue weighted by molar-refractivity contribution is 0.724. The number of hydrogen-bond acceptors (Lipinski definition) is 5. The van der Waals surface area contributed by atoms with E-state index < -0.39 is 0 Å². The van der Waals surface area contributed by atoms with E-state index in [4.69, 9.17) is 5.26 Å². The second kappa shape index (κ2) is 4.71. The van der Waals surface area contributed by atoms with Crippen LogP contribution in [-0.4, -0.2) is 36.4 Å². The molecule has 15 heavy (non-hydrogen) atoms. The number of anilines is 1. The van der Waals surface area contributed by atoms with Gasteiger partial charge in [-0.1, -0.05) is 0 Å². The summed E-state index contributed by atoms with van der Waals surface area (Å²) in [6, 6.07) is 5.53. The SMILES string of the molecule is N#Cc1ccc(N2CCCNCC2)nn1. The molecule has 0 aliphatic carbocycles. The van der Waals surface area contributed by atoms with E-state index in [2.05, 4.69) is 20.4 Å². The molecule has 1 N–H and O–H groups in total. The van der Waals surface area contributed by atoms with Crippen molar-refractivity contribution in [3.63, 3.8) is 0 Å². The molecule has 78 valence electrons. The maximum Gasteiger partial charge on any atom is 0.163 e. The van der Waals surface area contributed by atoms with Gasteiger partial charge in [-0.2, -0.15) is 5.26 Å². The lowest BCUT2D eigenvalue weighted by Gasteiger charge is -2.19. The summed E-state index contributed by atoms with van der Waals surface area (Å²) in [5.74, 6) is 0.859. The molecule has 5 heteroatoms. The fourth-order valence-corrected chi connectivity index (χ4v) is 1.63. The van der Waals surface area contributed by atoms with Crippen molar-refractivity contribution < 1.29 is 0 Å². The quantitative estimate of drug-likeness (QED) is 0.703. The molecule has 2 rings (SSSR count). The Kier molecular flexibility index (Phi) is 3.10. The Morgan fingerprint density at radius 1 is 1.27 bits per heavy atom. The Bertz CT molecular complexity index is 345. The van der Waals surface area contributed by atoms with Gasteiger partial charge < -0.3 is 10.2 Å². The van der Waals surface area contributed by atoms with Crippen LogP contribution in [0.5, 0.6) is 0 Å². The average molecular weight is 203 g/mol. The van der Waals surface area contributed by atoms with Crippen molar-refractivity contribution in [2.75, 3.05) is 31.1 Å². The number of aromatic nitrogens is 2. The minimum absolute atomic E-state index is 0.367. The number of nitriles is 1. The molecule has 1 aromatic rings. The van der Waals surface area contributed by atoms with Crippen LogP contribution in [0.15, 0.2) is 12.1 Å². The van der Waals surface area contributed by atoms with Crippen LogP contribution < -0.4 is 10.2 Å². The van der Waals surface area contributed by atoms with Crippen LogP contribution in [-0.2, 0) is 0 Å². The standard InChI is InChI=1S/C10H13N5/c11-8-9-2-3-10(14-13-9)15-6-1-4-12-5-7-15/h2-3,12H,1,4-7H2. The largest absolute Gasteiger partial charge is 0.354 e. The van der Waals surface area contributed by atoms with Crippen molar-refractivity contribution in [1.82, 2.24) is 15.5 Å². The molecule has 1 saturated heterocycles. The fraction of sp³-hybridized carbons (Fsp3) is 0.500. The van der Waals surface area contributed by atoms with Gasteiger partial charge >= 0.3 is 0 Å². The van der Waals surface area contributed by atoms with Crippen LogP contribution in [0.2, 0.25) is 0 Å². The van der Waals surface area contributed by atoms with E-state index in [0.717, 1.165) is 38.4 Å². The van der Waals surface area contributed by atoms with Crippen molar-refractivity contribution in [3.8, 4) is 6.07 Å². The van der Waals surface area contributed by atoms with Crippen molar-refractivity contribution in [2.24, 2.45) is 0 Å². The highest BCUT2D eigenvalue weighted by Gasteiger charge is 2.10. The second-order valence-electron chi connectivity index (χ2n) is 3.48. The Morgan fingerprint density at radius 3 is 2.93 bits per heavy atom. The molecule has 1 aliphatic rings. The van der Waals surface area contributed by atoms with Gasteiger partial charge in [0, 0.05) is 19.6 Å². The summed E-state index contributed by atoms with van der Waals surface area (Å²) in [5, 5.41) is 19.8. The summed E-state index contributed by atoms with van der Waals surface area (Å²) in [4.78, 5) is 2.19. The maximum atomic E-state index is 8.61. The van der Waals surface area contributed by atoms with Crippen LogP contribution in [0.4, 0.5) is 5.82 Å². The van der Waals surface area contributed by atoms with Gasteiger partial charge in [-0.3, -0.25) is 0 Å². The first-order valence-corrected chi connectivity index (χ1v) is 5.09. The minimum atomic E-state index is 0.367. The van der Waals surface area contributed by atoms with Crippen LogP contribution in [0, 0.1) is 11.3 Å². The van der Waals surface area contributed by atoms with Gasteiger partial charge in [0.15, 0.2) is 11.5 Å². The van der Waals surface area contributed by atoms with E-state index in [0.29, 0.717) is 5.69 Å². The van der Waals surface area contributed by atoms with Crippen molar-refractivity contribution in [1.29, 1.82) is 5.26 Å². The van der Waals surface area contributed by atoms with Crippen LogP contribution in [0.25, 0.3) is 0 Å². The Balaban J connectivity index is 2.10. The molecule has 5 nitrogen and oxygen atoms in total. The Morgan fingerprint density at radius 2 is 2.20 bits per heavy atom. The zero-order valence-corrected chi connectivity index (χ0v) is 8.48. The maximum absolute atomic E-state index is 8.61. The second-order valence-corrected chi connectivity index (χ2v) is 3.48. The highest BCUT2D eigenvalue weighted by atomic mass is 15.3. The highest BCUT2D eigenvalue weighted by Crippen LogP contribution is 2.10. The molecule has 0 unspecified atom stereocenters. The third kappa shape index (κ3) is 2.42. The van der Waals surface area contributed by atoms with Gasteiger partial charge in [-0.15, -0.1) is 10.2 Å². The molecule has 0 atom stereocenters. The van der Waals surface area contributed by atoms with Crippen molar-refractivity contribution in [3.05, 3.63) is 17.8 Å². The molecule has 2 heterocycles. The van der Waals surface area contributed by atoms with E-state index >= 15 is 0 Å². The topological polar surface area (TPSA) is 64.8 Å². The summed E-state index contributed by atoms with van der Waals surface area (Å²) in [6.07, 6.45) is 1.11. The van der Waals surface area contributed by atoms with E-state index in [9.17, 15) is 0 Å². The third-order valence-electron chi connectivity index (χ3n) is 2.43. The molecule has 0 spiro atoms. The number of nitrogens with one attached hydrogen (secondary N) is 1. The van der Waals surface area contributed by atoms with Gasteiger partial charge in [0.2, 0.25) is 0 Å². The van der Waals surface area contributed by atoms with E-state index in [1.807, 2.05) is 12.1 Å². The monoisotopic (exact) mass is 203 g/mol. The molecule has 0 saturated carbocycles. The molecule has 0 bridgehead atoms. The van der Waals surface area contributed by atoms with Gasteiger partial charge in [-0.05, 0) is 25.1 Å². The summed E-state index contributed by atoms with van der Waals surface area (Å²) in [6.45, 7) is 3.97. The van der Waals surface area contributed by atoms with E-state index in [1.54, 1.807) is 6.07 Å². The summed E-state index contributed by atoms with van der Waals surface area (Å²) in [5.41, 5.74) is 0.367. The van der Waals surface area contributed by atoms with Crippen molar-refractivity contribution >= 4 is 5.82 Å². The number of hydrogen-bond donors (Lipinski definition) is 1. The number of nitrogens with zero attached hydrogens (tertiary/aromatic N) is 4. The van der Waals surface area contributed by atoms with Crippen LogP contribution in [0.1, 0.15) is 12.1 Å². The van der Waals surface area contributed by atoms with E-state index in [1.165, 1.54) is 0 Å². The zero-order chi connectivity index (χ0) is 10.5. The number of rotatable bonds is 1. The Labute approximate surface area is 88.7 Å². The predicted octanol–water partition coefficient (Wildman–Crippen LogP) is 0.148. The lowest BCUT2D eigenvalue weighted by atomic mass is 10.3. The molecule has 0 amide bonds. The third-order valence-corrected chi connectivity index (χ3v) is 2.43. The van der Waals surface area contributed by atoms with Crippen LogP contribution >= 0.6 is 0 Å². The average Bonchev–Trinajstić information content (AvgIpc) is 2.58. The van der Waals surface area contributed by atoms with Crippen molar-refractivity contribution in [2.45, 2.75) is 6.42 Å². The first-order chi connectivity index (χ1) is 7.40. The van der Waals surface area contributed by atoms with Gasteiger partial charge in [0.05, 0.1) is 0 Å². The predicted molar refractivity (Wildman–Crippen MR) is 56.4 cm³/mol.